The van der Waals surface area contributed by atoms with Gasteiger partial charge in [0.15, 0.2) is 5.75 Å². The lowest BCUT2D eigenvalue weighted by molar-refractivity contribution is 0.0258. The Hall–Kier alpha value is -1.07. The lowest BCUT2D eigenvalue weighted by atomic mass is 9.91. The smallest absolute Gasteiger partial charge is 0.162 e. The molecule has 19 heavy (non-hydrogen) atoms. The van der Waals surface area contributed by atoms with Gasteiger partial charge in [-0.2, -0.15) is 5.10 Å². The van der Waals surface area contributed by atoms with Crippen molar-refractivity contribution in [3.05, 3.63) is 11.9 Å². The summed E-state index contributed by atoms with van der Waals surface area (Å²) in [5.41, 5.74) is 0.790. The van der Waals surface area contributed by atoms with Crippen LogP contribution in [0, 0.1) is 5.92 Å². The van der Waals surface area contributed by atoms with Crippen molar-refractivity contribution in [2.75, 3.05) is 13.7 Å². The minimum atomic E-state index is -0.573. The van der Waals surface area contributed by atoms with Gasteiger partial charge in [-0.1, -0.05) is 13.8 Å². The van der Waals surface area contributed by atoms with Gasteiger partial charge in [0.2, 0.25) is 0 Å². The summed E-state index contributed by atoms with van der Waals surface area (Å²) in [6.45, 7) is 5.71. The third kappa shape index (κ3) is 2.77. The first-order valence-corrected chi connectivity index (χ1v) is 7.12. The summed E-state index contributed by atoms with van der Waals surface area (Å²) < 4.78 is 12.9. The normalized spacial score (nSPS) is 24.6. The maximum Gasteiger partial charge on any atom is 0.162 e. The third-order valence-electron chi connectivity index (χ3n) is 3.85. The van der Waals surface area contributed by atoms with E-state index in [4.69, 9.17) is 9.47 Å². The first-order chi connectivity index (χ1) is 9.22. The molecule has 1 aliphatic heterocycles. The molecule has 3 unspecified atom stereocenters. The van der Waals surface area contributed by atoms with Crippen molar-refractivity contribution in [1.82, 2.24) is 9.78 Å². The summed E-state index contributed by atoms with van der Waals surface area (Å²) in [7, 11) is 1.62. The molecule has 1 N–H and O–H groups in total. The van der Waals surface area contributed by atoms with Gasteiger partial charge in [-0.15, -0.1) is 0 Å². The molecule has 2 rings (SSSR count). The van der Waals surface area contributed by atoms with Crippen LogP contribution in [0.4, 0.5) is 0 Å². The Kier molecular flexibility index (Phi) is 4.82. The van der Waals surface area contributed by atoms with Crippen LogP contribution in [0.25, 0.3) is 0 Å². The first kappa shape index (κ1) is 14.3. The average molecular weight is 268 g/mol. The quantitative estimate of drug-likeness (QED) is 0.859. The Morgan fingerprint density at radius 3 is 3.00 bits per heavy atom. The van der Waals surface area contributed by atoms with E-state index in [0.29, 0.717) is 5.75 Å². The summed E-state index contributed by atoms with van der Waals surface area (Å²) in [6, 6.07) is 0. The fourth-order valence-corrected chi connectivity index (χ4v) is 2.87. The molecule has 0 spiro atoms. The van der Waals surface area contributed by atoms with Crippen LogP contribution >= 0.6 is 0 Å². The zero-order valence-electron chi connectivity index (χ0n) is 12.0. The highest BCUT2D eigenvalue weighted by Gasteiger charge is 2.36. The van der Waals surface area contributed by atoms with Gasteiger partial charge in [0.25, 0.3) is 0 Å². The van der Waals surface area contributed by atoms with Crippen molar-refractivity contribution in [1.29, 1.82) is 0 Å². The predicted octanol–water partition coefficient (Wildman–Crippen LogP) is 2.15. The molecule has 0 saturated carbocycles. The molecule has 5 nitrogen and oxygen atoms in total. The number of aliphatic hydroxyl groups excluding tert-OH is 1. The molecule has 3 atom stereocenters. The minimum Gasteiger partial charge on any atom is -0.493 e. The van der Waals surface area contributed by atoms with E-state index in [2.05, 4.69) is 18.9 Å². The molecule has 1 aromatic heterocycles. The molecule has 0 aliphatic carbocycles. The fourth-order valence-electron chi connectivity index (χ4n) is 2.87. The number of rotatable bonds is 6. The maximum atomic E-state index is 10.7. The van der Waals surface area contributed by atoms with Crippen LogP contribution < -0.4 is 4.74 Å². The van der Waals surface area contributed by atoms with Crippen LogP contribution in [0.15, 0.2) is 6.20 Å². The Morgan fingerprint density at radius 2 is 2.37 bits per heavy atom. The van der Waals surface area contributed by atoms with E-state index < -0.39 is 6.10 Å². The number of ether oxygens (including phenoxy) is 2. The van der Waals surface area contributed by atoms with Crippen molar-refractivity contribution >= 4 is 0 Å². The predicted molar refractivity (Wildman–Crippen MR) is 72.2 cm³/mol. The molecule has 0 aromatic carbocycles. The van der Waals surface area contributed by atoms with Crippen LogP contribution in [-0.2, 0) is 11.3 Å². The molecule has 2 heterocycles. The molecule has 0 bridgehead atoms. The zero-order valence-corrected chi connectivity index (χ0v) is 12.0. The summed E-state index contributed by atoms with van der Waals surface area (Å²) in [5.74, 6) is 0.800. The van der Waals surface area contributed by atoms with Gasteiger partial charge in [-0.3, -0.25) is 4.68 Å². The largest absolute Gasteiger partial charge is 0.493 e. The Bertz CT molecular complexity index is 405. The third-order valence-corrected chi connectivity index (χ3v) is 3.85. The Morgan fingerprint density at radius 1 is 1.58 bits per heavy atom. The van der Waals surface area contributed by atoms with Crippen molar-refractivity contribution in [3.8, 4) is 5.75 Å². The molecule has 0 radical (unpaired) electrons. The molecule has 0 amide bonds. The number of hydrogen-bond donors (Lipinski definition) is 1. The topological polar surface area (TPSA) is 56.5 Å². The van der Waals surface area contributed by atoms with E-state index in [1.807, 2.05) is 4.68 Å². The number of nitrogens with zero attached hydrogens (tertiary/aromatic N) is 2. The number of methoxy groups -OCH3 is 1. The van der Waals surface area contributed by atoms with E-state index in [1.54, 1.807) is 13.3 Å². The molecular weight excluding hydrogens is 244 g/mol. The fraction of sp³-hybridized carbons (Fsp3) is 0.786. The summed E-state index contributed by atoms with van der Waals surface area (Å²) in [4.78, 5) is 0. The maximum absolute atomic E-state index is 10.7. The van der Waals surface area contributed by atoms with Crippen molar-refractivity contribution in [3.63, 3.8) is 0 Å². The number of hydrogen-bond acceptors (Lipinski definition) is 4. The van der Waals surface area contributed by atoms with Gasteiger partial charge in [0.05, 0.1) is 19.4 Å². The second-order valence-corrected chi connectivity index (χ2v) is 5.04. The van der Waals surface area contributed by atoms with E-state index in [1.165, 1.54) is 0 Å². The number of aryl methyl sites for hydroxylation is 1. The first-order valence-electron chi connectivity index (χ1n) is 7.12. The average Bonchev–Trinajstić information content (AvgIpc) is 3.04. The minimum absolute atomic E-state index is 0.129. The van der Waals surface area contributed by atoms with E-state index in [9.17, 15) is 5.11 Å². The van der Waals surface area contributed by atoms with Crippen LogP contribution in [0.3, 0.4) is 0 Å². The highest BCUT2D eigenvalue weighted by molar-refractivity contribution is 5.28. The lowest BCUT2D eigenvalue weighted by Crippen LogP contribution is -2.24. The van der Waals surface area contributed by atoms with Gasteiger partial charge in [0.1, 0.15) is 11.8 Å². The molecule has 1 fully saturated rings. The zero-order chi connectivity index (χ0) is 13.8. The highest BCUT2D eigenvalue weighted by atomic mass is 16.5. The SMILES string of the molecule is CCCn1ncc(OC)c1C(O)C1CCOC1CC. The molecular formula is C14H24N2O3. The van der Waals surface area contributed by atoms with Gasteiger partial charge >= 0.3 is 0 Å². The van der Waals surface area contributed by atoms with Crippen molar-refractivity contribution < 1.29 is 14.6 Å². The second-order valence-electron chi connectivity index (χ2n) is 5.04. The van der Waals surface area contributed by atoms with Crippen molar-refractivity contribution in [2.45, 2.75) is 51.9 Å². The molecule has 1 aliphatic rings. The Labute approximate surface area is 114 Å². The molecule has 1 saturated heterocycles. The van der Waals surface area contributed by atoms with Gasteiger partial charge in [-0.05, 0) is 19.3 Å². The molecule has 108 valence electrons. The van der Waals surface area contributed by atoms with Crippen LogP contribution in [-0.4, -0.2) is 34.7 Å². The van der Waals surface area contributed by atoms with Crippen LogP contribution in [0.5, 0.6) is 5.75 Å². The lowest BCUT2D eigenvalue weighted by Gasteiger charge is -2.24. The van der Waals surface area contributed by atoms with E-state index in [-0.39, 0.29) is 12.0 Å². The van der Waals surface area contributed by atoms with Gasteiger partial charge in [-0.25, -0.2) is 0 Å². The summed E-state index contributed by atoms with van der Waals surface area (Å²) >= 11 is 0. The van der Waals surface area contributed by atoms with Crippen LogP contribution in [0.1, 0.15) is 44.9 Å². The highest BCUT2D eigenvalue weighted by Crippen LogP contribution is 2.38. The summed E-state index contributed by atoms with van der Waals surface area (Å²) in [5, 5.41) is 15.0. The molecule has 5 heteroatoms. The number of aromatic nitrogens is 2. The van der Waals surface area contributed by atoms with E-state index >= 15 is 0 Å². The standard InChI is InChI=1S/C14H24N2O3/c1-4-7-16-13(12(18-3)9-15-16)14(17)10-6-8-19-11(10)5-2/h9-11,14,17H,4-8H2,1-3H3. The van der Waals surface area contributed by atoms with Gasteiger partial charge < -0.3 is 14.6 Å². The monoisotopic (exact) mass is 268 g/mol. The van der Waals surface area contributed by atoms with Crippen molar-refractivity contribution in [2.24, 2.45) is 5.92 Å². The molecule has 1 aromatic rings. The van der Waals surface area contributed by atoms with Crippen LogP contribution in [0.2, 0.25) is 0 Å². The summed E-state index contributed by atoms with van der Waals surface area (Å²) in [6.07, 6.45) is 4.03. The van der Waals surface area contributed by atoms with E-state index in [0.717, 1.165) is 38.1 Å². The Balaban J connectivity index is 2.26. The van der Waals surface area contributed by atoms with Gasteiger partial charge in [0, 0.05) is 19.1 Å². The second kappa shape index (κ2) is 6.39. The number of aliphatic hydroxyl groups is 1.